The van der Waals surface area contributed by atoms with Gasteiger partial charge in [0.05, 0.1) is 7.11 Å². The van der Waals surface area contributed by atoms with Crippen LogP contribution in [0.1, 0.15) is 20.8 Å². The summed E-state index contributed by atoms with van der Waals surface area (Å²) in [6.07, 6.45) is -0.793. The Bertz CT molecular complexity index is 279. The molecule has 72 valence electrons. The van der Waals surface area contributed by atoms with Gasteiger partial charge in [0, 0.05) is 11.3 Å². The minimum absolute atomic E-state index is 0.0455. The molecule has 1 fully saturated rings. The minimum Gasteiger partial charge on any atom is -0.438 e. The summed E-state index contributed by atoms with van der Waals surface area (Å²) in [5.41, 5.74) is -1.28. The molecule has 0 N–H and O–H groups in total. The lowest BCUT2D eigenvalue weighted by molar-refractivity contribution is 0.0304. The Morgan fingerprint density at radius 2 is 2.00 bits per heavy atom. The molecule has 2 atom stereocenters. The van der Waals surface area contributed by atoms with Crippen molar-refractivity contribution in [3.63, 3.8) is 0 Å². The molecule has 4 heteroatoms. The average molecular weight is 183 g/mol. The fourth-order valence-electron chi connectivity index (χ4n) is 1.63. The first-order valence-electron chi connectivity index (χ1n) is 4.10. The van der Waals surface area contributed by atoms with Gasteiger partial charge in [0.15, 0.2) is 0 Å². The van der Waals surface area contributed by atoms with Crippen molar-refractivity contribution in [3.8, 4) is 6.07 Å². The summed E-state index contributed by atoms with van der Waals surface area (Å²) >= 11 is 0. The molecule has 2 unspecified atom stereocenters. The number of carbonyl (C=O) groups is 1. The average Bonchev–Trinajstić information content (AvgIpc) is 2.51. The van der Waals surface area contributed by atoms with Gasteiger partial charge in [-0.05, 0) is 0 Å². The number of carbonyl (C=O) groups excluding carboxylic acids is 1. The van der Waals surface area contributed by atoms with Gasteiger partial charge in [0.2, 0.25) is 5.60 Å². The van der Waals surface area contributed by atoms with E-state index < -0.39 is 11.8 Å². The van der Waals surface area contributed by atoms with Crippen LogP contribution < -0.4 is 0 Å². The van der Waals surface area contributed by atoms with E-state index in [1.807, 2.05) is 26.8 Å². The van der Waals surface area contributed by atoms with Crippen molar-refractivity contribution in [2.45, 2.75) is 26.4 Å². The summed E-state index contributed by atoms with van der Waals surface area (Å²) < 4.78 is 9.31. The Balaban J connectivity index is 2.78. The number of hydrogen-bond donors (Lipinski definition) is 0. The molecule has 0 bridgehead atoms. The first kappa shape index (κ1) is 9.85. The minimum atomic E-state index is -1.000. The highest BCUT2D eigenvalue weighted by molar-refractivity contribution is 5.62. The second-order valence-electron chi connectivity index (χ2n) is 3.85. The zero-order valence-electron chi connectivity index (χ0n) is 8.25. The molecule has 0 amide bonds. The molecule has 1 saturated carbocycles. The number of rotatable bonds is 1. The molecule has 1 rings (SSSR count). The Morgan fingerprint density at radius 1 is 1.54 bits per heavy atom. The summed E-state index contributed by atoms with van der Waals surface area (Å²) in [6.45, 7) is 5.67. The third-order valence-corrected chi connectivity index (χ3v) is 3.14. The van der Waals surface area contributed by atoms with Crippen molar-refractivity contribution in [2.75, 3.05) is 7.11 Å². The molecule has 0 aliphatic heterocycles. The first-order chi connectivity index (χ1) is 5.92. The molecule has 13 heavy (non-hydrogen) atoms. The van der Waals surface area contributed by atoms with Crippen LogP contribution in [0.25, 0.3) is 0 Å². The zero-order valence-corrected chi connectivity index (χ0v) is 8.25. The van der Waals surface area contributed by atoms with Gasteiger partial charge in [0.1, 0.15) is 6.07 Å². The third-order valence-electron chi connectivity index (χ3n) is 3.14. The van der Waals surface area contributed by atoms with Gasteiger partial charge in [0.25, 0.3) is 0 Å². The standard InChI is InChI=1S/C9H13NO3/c1-6-8(2,3)9(6,5-10)13-7(11)12-4/h6H,1-4H3. The maximum Gasteiger partial charge on any atom is 0.509 e. The Morgan fingerprint density at radius 3 is 2.23 bits per heavy atom. The fourth-order valence-corrected chi connectivity index (χ4v) is 1.63. The Labute approximate surface area is 77.4 Å². The van der Waals surface area contributed by atoms with Gasteiger partial charge in [-0.1, -0.05) is 20.8 Å². The van der Waals surface area contributed by atoms with E-state index in [0.717, 1.165) is 0 Å². The number of nitriles is 1. The summed E-state index contributed by atoms with van der Waals surface area (Å²) in [7, 11) is 1.23. The number of methoxy groups -OCH3 is 1. The Kier molecular flexibility index (Phi) is 1.99. The predicted octanol–water partition coefficient (Wildman–Crippen LogP) is 1.71. The quantitative estimate of drug-likeness (QED) is 0.580. The lowest BCUT2D eigenvalue weighted by Crippen LogP contribution is -2.23. The van der Waals surface area contributed by atoms with Crippen LogP contribution in [-0.2, 0) is 9.47 Å². The van der Waals surface area contributed by atoms with E-state index in [-0.39, 0.29) is 11.3 Å². The number of nitrogens with zero attached hydrogens (tertiary/aromatic N) is 1. The monoisotopic (exact) mass is 183 g/mol. The van der Waals surface area contributed by atoms with Gasteiger partial charge in [-0.2, -0.15) is 5.26 Å². The normalized spacial score (nSPS) is 34.5. The van der Waals surface area contributed by atoms with Crippen LogP contribution in [0.3, 0.4) is 0 Å². The van der Waals surface area contributed by atoms with E-state index in [9.17, 15) is 4.79 Å². The molecule has 0 spiro atoms. The van der Waals surface area contributed by atoms with Crippen LogP contribution in [0.15, 0.2) is 0 Å². The molecule has 0 saturated heterocycles. The number of hydrogen-bond acceptors (Lipinski definition) is 4. The van der Waals surface area contributed by atoms with Crippen molar-refractivity contribution in [1.29, 1.82) is 5.26 Å². The van der Waals surface area contributed by atoms with Gasteiger partial charge < -0.3 is 9.47 Å². The lowest BCUT2D eigenvalue weighted by atomic mass is 10.1. The Hall–Kier alpha value is -1.24. The van der Waals surface area contributed by atoms with Gasteiger partial charge in [-0.15, -0.1) is 0 Å². The highest BCUT2D eigenvalue weighted by atomic mass is 16.7. The van der Waals surface area contributed by atoms with E-state index in [4.69, 9.17) is 10.00 Å². The zero-order chi connectivity index (χ0) is 10.3. The van der Waals surface area contributed by atoms with Crippen LogP contribution in [0.2, 0.25) is 0 Å². The summed E-state index contributed by atoms with van der Waals surface area (Å²) in [5.74, 6) is 0.0455. The fraction of sp³-hybridized carbons (Fsp3) is 0.778. The third kappa shape index (κ3) is 1.07. The van der Waals surface area contributed by atoms with E-state index in [1.165, 1.54) is 7.11 Å². The van der Waals surface area contributed by atoms with Crippen LogP contribution in [0.5, 0.6) is 0 Å². The number of ether oxygens (including phenoxy) is 2. The summed E-state index contributed by atoms with van der Waals surface area (Å²) in [5, 5.41) is 8.92. The highest BCUT2D eigenvalue weighted by Crippen LogP contribution is 2.63. The lowest BCUT2D eigenvalue weighted by Gasteiger charge is -2.11. The van der Waals surface area contributed by atoms with Crippen molar-refractivity contribution < 1.29 is 14.3 Å². The molecule has 0 aromatic rings. The van der Waals surface area contributed by atoms with Gasteiger partial charge in [-0.3, -0.25) is 0 Å². The van der Waals surface area contributed by atoms with Crippen molar-refractivity contribution in [3.05, 3.63) is 0 Å². The van der Waals surface area contributed by atoms with E-state index in [0.29, 0.717) is 0 Å². The maximum atomic E-state index is 10.9. The van der Waals surface area contributed by atoms with Crippen molar-refractivity contribution >= 4 is 6.16 Å². The molecule has 4 nitrogen and oxygen atoms in total. The molecule has 0 radical (unpaired) electrons. The van der Waals surface area contributed by atoms with E-state index in [2.05, 4.69) is 4.74 Å². The topological polar surface area (TPSA) is 59.3 Å². The van der Waals surface area contributed by atoms with Gasteiger partial charge in [-0.25, -0.2) is 4.79 Å². The van der Waals surface area contributed by atoms with Gasteiger partial charge >= 0.3 is 6.16 Å². The molecular formula is C9H13NO3. The van der Waals surface area contributed by atoms with Crippen LogP contribution >= 0.6 is 0 Å². The SMILES string of the molecule is COC(=O)OC1(C#N)C(C)C1(C)C. The van der Waals surface area contributed by atoms with Crippen molar-refractivity contribution in [1.82, 2.24) is 0 Å². The summed E-state index contributed by atoms with van der Waals surface area (Å²) in [4.78, 5) is 10.9. The molecule has 0 aromatic heterocycles. The molecular weight excluding hydrogens is 170 g/mol. The molecule has 1 aliphatic carbocycles. The van der Waals surface area contributed by atoms with Crippen LogP contribution in [-0.4, -0.2) is 18.9 Å². The summed E-state index contributed by atoms with van der Waals surface area (Å²) in [6, 6.07) is 2.03. The molecule has 1 aliphatic rings. The van der Waals surface area contributed by atoms with Crippen LogP contribution in [0, 0.1) is 22.7 Å². The van der Waals surface area contributed by atoms with Crippen molar-refractivity contribution in [2.24, 2.45) is 11.3 Å². The first-order valence-corrected chi connectivity index (χ1v) is 4.10. The van der Waals surface area contributed by atoms with Crippen LogP contribution in [0.4, 0.5) is 4.79 Å². The molecule has 0 aromatic carbocycles. The van der Waals surface area contributed by atoms with E-state index in [1.54, 1.807) is 0 Å². The molecule has 0 heterocycles. The maximum absolute atomic E-state index is 10.9. The predicted molar refractivity (Wildman–Crippen MR) is 44.8 cm³/mol. The van der Waals surface area contributed by atoms with E-state index >= 15 is 0 Å². The second kappa shape index (κ2) is 2.63. The largest absolute Gasteiger partial charge is 0.509 e. The highest BCUT2D eigenvalue weighted by Gasteiger charge is 2.73. The second-order valence-corrected chi connectivity index (χ2v) is 3.85. The smallest absolute Gasteiger partial charge is 0.438 e.